The van der Waals surface area contributed by atoms with Crippen molar-refractivity contribution >= 4 is 28.8 Å². The molecule has 2 aromatic rings. The van der Waals surface area contributed by atoms with Gasteiger partial charge in [0.1, 0.15) is 5.01 Å². The number of fused-ring (bicyclic) bond motifs is 1. The first kappa shape index (κ1) is 19.5. The molecule has 2 fully saturated rings. The van der Waals surface area contributed by atoms with Gasteiger partial charge in [0, 0.05) is 36.1 Å². The fourth-order valence-electron chi connectivity index (χ4n) is 5.29. The zero-order valence-electron chi connectivity index (χ0n) is 16.8. The van der Waals surface area contributed by atoms with Gasteiger partial charge in [0.15, 0.2) is 0 Å². The summed E-state index contributed by atoms with van der Waals surface area (Å²) >= 11 is 7.99. The maximum atomic E-state index is 13.6. The van der Waals surface area contributed by atoms with Crippen LogP contribution in [0.25, 0.3) is 0 Å². The quantitative estimate of drug-likeness (QED) is 0.720. The molecular weight excluding hydrogens is 402 g/mol. The zero-order chi connectivity index (χ0) is 19.8. The maximum absolute atomic E-state index is 13.6. The van der Waals surface area contributed by atoms with Gasteiger partial charge in [-0.1, -0.05) is 36.6 Å². The van der Waals surface area contributed by atoms with Crippen LogP contribution in [0.4, 0.5) is 0 Å². The number of aryl methyl sites for hydroxylation is 2. The molecule has 0 bridgehead atoms. The third kappa shape index (κ3) is 3.73. The summed E-state index contributed by atoms with van der Waals surface area (Å²) in [5.74, 6) is 0.324. The number of aromatic nitrogens is 1. The van der Waals surface area contributed by atoms with Gasteiger partial charge in [-0.2, -0.15) is 0 Å². The molecule has 29 heavy (non-hydrogen) atoms. The topological polar surface area (TPSA) is 36.4 Å². The van der Waals surface area contributed by atoms with E-state index in [0.717, 1.165) is 75.4 Å². The molecule has 0 radical (unpaired) electrons. The number of thiazole rings is 1. The molecule has 0 atom stereocenters. The molecule has 1 aromatic carbocycles. The van der Waals surface area contributed by atoms with Gasteiger partial charge in [-0.3, -0.25) is 9.69 Å². The lowest BCUT2D eigenvalue weighted by Gasteiger charge is -2.40. The van der Waals surface area contributed by atoms with Crippen molar-refractivity contribution in [3.8, 4) is 0 Å². The summed E-state index contributed by atoms with van der Waals surface area (Å²) in [6, 6.07) is 7.97. The molecule has 1 saturated carbocycles. The average molecular weight is 430 g/mol. The highest BCUT2D eigenvalue weighted by Crippen LogP contribution is 2.43. The number of carbonyl (C=O) groups is 1. The van der Waals surface area contributed by atoms with Crippen LogP contribution in [0.5, 0.6) is 0 Å². The molecule has 1 saturated heterocycles. The first-order chi connectivity index (χ1) is 14.1. The number of carbonyl (C=O) groups excluding carboxylic acids is 1. The van der Waals surface area contributed by atoms with E-state index in [1.54, 1.807) is 0 Å². The monoisotopic (exact) mass is 429 g/mol. The van der Waals surface area contributed by atoms with Gasteiger partial charge in [0.25, 0.3) is 0 Å². The van der Waals surface area contributed by atoms with E-state index >= 15 is 0 Å². The van der Waals surface area contributed by atoms with Crippen molar-refractivity contribution in [3.05, 3.63) is 50.4 Å². The predicted molar refractivity (Wildman–Crippen MR) is 118 cm³/mol. The zero-order valence-corrected chi connectivity index (χ0v) is 18.4. The number of amides is 1. The molecule has 6 heteroatoms. The second kappa shape index (κ2) is 8.01. The fourth-order valence-corrected chi connectivity index (χ4v) is 6.61. The van der Waals surface area contributed by atoms with Crippen molar-refractivity contribution in [2.45, 2.75) is 56.9 Å². The van der Waals surface area contributed by atoms with Crippen LogP contribution in [0.2, 0.25) is 5.02 Å². The molecule has 0 unspecified atom stereocenters. The van der Waals surface area contributed by atoms with Crippen molar-refractivity contribution in [1.82, 2.24) is 14.8 Å². The Labute approximate surface area is 181 Å². The Morgan fingerprint density at radius 2 is 1.76 bits per heavy atom. The summed E-state index contributed by atoms with van der Waals surface area (Å²) in [7, 11) is 0. The van der Waals surface area contributed by atoms with Crippen LogP contribution in [0.3, 0.4) is 0 Å². The van der Waals surface area contributed by atoms with E-state index < -0.39 is 0 Å². The summed E-state index contributed by atoms with van der Waals surface area (Å²) in [5.41, 5.74) is 2.14. The van der Waals surface area contributed by atoms with Crippen molar-refractivity contribution in [1.29, 1.82) is 0 Å². The molecule has 1 aliphatic heterocycles. The van der Waals surface area contributed by atoms with Gasteiger partial charge >= 0.3 is 0 Å². The van der Waals surface area contributed by atoms with Crippen LogP contribution < -0.4 is 0 Å². The Morgan fingerprint density at radius 3 is 2.45 bits per heavy atom. The minimum Gasteiger partial charge on any atom is -0.339 e. The van der Waals surface area contributed by atoms with Crippen molar-refractivity contribution < 1.29 is 4.79 Å². The second-order valence-corrected chi connectivity index (χ2v) is 10.3. The van der Waals surface area contributed by atoms with E-state index in [4.69, 9.17) is 16.6 Å². The highest BCUT2D eigenvalue weighted by atomic mass is 35.5. The molecule has 3 aliphatic rings. The third-order valence-electron chi connectivity index (χ3n) is 6.92. The molecule has 1 amide bonds. The highest BCUT2D eigenvalue weighted by molar-refractivity contribution is 7.11. The Kier molecular flexibility index (Phi) is 5.39. The summed E-state index contributed by atoms with van der Waals surface area (Å²) in [6.07, 6.45) is 7.80. The Morgan fingerprint density at radius 1 is 1.03 bits per heavy atom. The molecule has 0 spiro atoms. The SMILES string of the molecule is O=C(N1CCN(Cc2nc3c(s2)CCC3)CC1)C1(c2ccc(Cl)cc2)CCCC1. The molecular formula is C23H28ClN3OS. The molecule has 1 aromatic heterocycles. The van der Waals surface area contributed by atoms with Crippen LogP contribution in [-0.2, 0) is 29.6 Å². The number of halogens is 1. The van der Waals surface area contributed by atoms with E-state index in [-0.39, 0.29) is 5.41 Å². The lowest BCUT2D eigenvalue weighted by atomic mass is 9.77. The molecule has 5 rings (SSSR count). The van der Waals surface area contributed by atoms with E-state index in [0.29, 0.717) is 5.91 Å². The van der Waals surface area contributed by atoms with Crippen LogP contribution in [0, 0.1) is 0 Å². The highest BCUT2D eigenvalue weighted by Gasteiger charge is 2.45. The van der Waals surface area contributed by atoms with Crippen molar-refractivity contribution in [3.63, 3.8) is 0 Å². The van der Waals surface area contributed by atoms with Crippen molar-refractivity contribution in [2.24, 2.45) is 0 Å². The number of rotatable bonds is 4. The number of benzene rings is 1. The number of nitrogens with zero attached hydrogens (tertiary/aromatic N) is 3. The lowest BCUT2D eigenvalue weighted by Crippen LogP contribution is -2.53. The van der Waals surface area contributed by atoms with Gasteiger partial charge in [0.2, 0.25) is 5.91 Å². The average Bonchev–Trinajstić information content (AvgIpc) is 3.45. The Balaban J connectivity index is 1.24. The molecule has 2 aliphatic carbocycles. The number of piperazine rings is 1. The Hall–Kier alpha value is -1.43. The molecule has 154 valence electrons. The summed E-state index contributed by atoms with van der Waals surface area (Å²) in [5, 5.41) is 1.99. The summed E-state index contributed by atoms with van der Waals surface area (Å²) in [4.78, 5) is 24.5. The third-order valence-corrected chi connectivity index (χ3v) is 8.32. The minimum atomic E-state index is -0.344. The van der Waals surface area contributed by atoms with Crippen LogP contribution in [0.15, 0.2) is 24.3 Å². The first-order valence-electron chi connectivity index (χ1n) is 10.9. The normalized spacial score (nSPS) is 21.5. The second-order valence-electron chi connectivity index (χ2n) is 8.70. The van der Waals surface area contributed by atoms with Crippen molar-refractivity contribution in [2.75, 3.05) is 26.2 Å². The smallest absolute Gasteiger partial charge is 0.233 e. The van der Waals surface area contributed by atoms with E-state index in [1.165, 1.54) is 28.4 Å². The van der Waals surface area contributed by atoms with E-state index in [2.05, 4.69) is 21.9 Å². The van der Waals surface area contributed by atoms with Crippen LogP contribution in [-0.4, -0.2) is 46.9 Å². The number of hydrogen-bond donors (Lipinski definition) is 0. The van der Waals surface area contributed by atoms with Gasteiger partial charge in [-0.25, -0.2) is 4.98 Å². The van der Waals surface area contributed by atoms with Gasteiger partial charge < -0.3 is 4.90 Å². The molecule has 2 heterocycles. The summed E-state index contributed by atoms with van der Waals surface area (Å²) in [6.45, 7) is 4.44. The Bertz CT molecular complexity index is 859. The van der Waals surface area contributed by atoms with Gasteiger partial charge in [-0.05, 0) is 49.8 Å². The fraction of sp³-hybridized carbons (Fsp3) is 0.565. The lowest BCUT2D eigenvalue weighted by molar-refractivity contribution is -0.139. The number of hydrogen-bond acceptors (Lipinski definition) is 4. The van der Waals surface area contributed by atoms with E-state index in [9.17, 15) is 4.79 Å². The first-order valence-corrected chi connectivity index (χ1v) is 12.1. The predicted octanol–water partition coefficient (Wildman–Crippen LogP) is 4.44. The largest absolute Gasteiger partial charge is 0.339 e. The minimum absolute atomic E-state index is 0.324. The van der Waals surface area contributed by atoms with Gasteiger partial charge in [0.05, 0.1) is 17.7 Å². The van der Waals surface area contributed by atoms with Crippen LogP contribution in [0.1, 0.15) is 53.2 Å². The standard InChI is InChI=1S/C23H28ClN3OS/c24-18-8-6-17(7-9-18)23(10-1-2-11-23)22(28)27-14-12-26(13-15-27)16-21-25-19-4-3-5-20(19)29-21/h6-9H,1-5,10-16H2. The van der Waals surface area contributed by atoms with Gasteiger partial charge in [-0.15, -0.1) is 11.3 Å². The summed E-state index contributed by atoms with van der Waals surface area (Å²) < 4.78 is 0. The maximum Gasteiger partial charge on any atom is 0.233 e. The molecule has 0 N–H and O–H groups in total. The van der Waals surface area contributed by atoms with E-state index in [1.807, 2.05) is 23.5 Å². The van der Waals surface area contributed by atoms with Crippen LogP contribution >= 0.6 is 22.9 Å². The molecule has 4 nitrogen and oxygen atoms in total.